The Morgan fingerprint density at radius 1 is 1.33 bits per heavy atom. The number of allylic oxidation sites excluding steroid dienone is 2. The van der Waals surface area contributed by atoms with E-state index in [4.69, 9.17) is 0 Å². The fourth-order valence-electron chi connectivity index (χ4n) is 2.93. The lowest BCUT2D eigenvalue weighted by Crippen LogP contribution is -2.49. The molecule has 0 radical (unpaired) electrons. The van der Waals surface area contributed by atoms with Crippen LogP contribution in [-0.4, -0.2) is 36.0 Å². The van der Waals surface area contributed by atoms with Gasteiger partial charge in [-0.25, -0.2) is 0 Å². The fraction of sp³-hybridized carbons (Fsp3) is 0.800. The molecule has 2 rings (SSSR count). The van der Waals surface area contributed by atoms with Crippen molar-refractivity contribution < 1.29 is 4.79 Å². The van der Waals surface area contributed by atoms with Crippen LogP contribution in [0, 0.1) is 5.92 Å². The average Bonchev–Trinajstić information content (AvgIpc) is 2.90. The summed E-state index contributed by atoms with van der Waals surface area (Å²) in [6.45, 7) is 6.25. The van der Waals surface area contributed by atoms with Crippen LogP contribution in [0.4, 0.5) is 0 Å². The Labute approximate surface area is 111 Å². The molecule has 0 saturated carbocycles. The van der Waals surface area contributed by atoms with E-state index in [1.165, 1.54) is 19.3 Å². The lowest BCUT2D eigenvalue weighted by molar-refractivity contribution is -0.137. The maximum Gasteiger partial charge on any atom is 0.226 e. The van der Waals surface area contributed by atoms with Crippen molar-refractivity contribution in [1.82, 2.24) is 10.2 Å². The third-order valence-electron chi connectivity index (χ3n) is 4.09. The first-order chi connectivity index (χ1) is 8.68. The molecule has 3 heteroatoms. The molecule has 1 unspecified atom stereocenters. The van der Waals surface area contributed by atoms with Crippen LogP contribution in [0.25, 0.3) is 0 Å². The van der Waals surface area contributed by atoms with E-state index in [1.807, 2.05) is 0 Å². The molecule has 1 fully saturated rings. The predicted molar refractivity (Wildman–Crippen MR) is 74.4 cm³/mol. The molecule has 1 saturated heterocycles. The molecular formula is C15H26N2O. The molecule has 0 aromatic carbocycles. The van der Waals surface area contributed by atoms with Crippen molar-refractivity contribution in [2.45, 2.75) is 58.0 Å². The van der Waals surface area contributed by atoms with Gasteiger partial charge in [-0.1, -0.05) is 18.6 Å². The minimum atomic E-state index is 0.205. The molecule has 3 nitrogen and oxygen atoms in total. The molecule has 0 aromatic heterocycles. The Morgan fingerprint density at radius 2 is 2.06 bits per heavy atom. The largest absolute Gasteiger partial charge is 0.338 e. The van der Waals surface area contributed by atoms with Crippen molar-refractivity contribution in [3.05, 3.63) is 12.2 Å². The Hall–Kier alpha value is -0.830. The van der Waals surface area contributed by atoms with Crippen LogP contribution >= 0.6 is 0 Å². The first-order valence-electron chi connectivity index (χ1n) is 7.37. The molecular weight excluding hydrogens is 224 g/mol. The summed E-state index contributed by atoms with van der Waals surface area (Å²) >= 11 is 0. The first kappa shape index (κ1) is 13.6. The summed E-state index contributed by atoms with van der Waals surface area (Å²) in [5, 5.41) is 3.54. The van der Waals surface area contributed by atoms with Gasteiger partial charge in [-0.3, -0.25) is 4.79 Å². The highest BCUT2D eigenvalue weighted by atomic mass is 16.2. The maximum absolute atomic E-state index is 12.5. The zero-order chi connectivity index (χ0) is 13.0. The number of hydrogen-bond acceptors (Lipinski definition) is 2. The summed E-state index contributed by atoms with van der Waals surface area (Å²) in [6.07, 6.45) is 9.92. The second-order valence-electron chi connectivity index (χ2n) is 5.87. The van der Waals surface area contributed by atoms with Crippen molar-refractivity contribution in [2.75, 3.05) is 13.1 Å². The van der Waals surface area contributed by atoms with Gasteiger partial charge in [0.05, 0.1) is 0 Å². The Bertz CT molecular complexity index is 298. The average molecular weight is 250 g/mol. The van der Waals surface area contributed by atoms with E-state index in [0.29, 0.717) is 18.0 Å². The number of rotatable bonds is 4. The Morgan fingerprint density at radius 3 is 2.61 bits per heavy atom. The zero-order valence-electron chi connectivity index (χ0n) is 11.7. The van der Waals surface area contributed by atoms with Crippen molar-refractivity contribution in [3.63, 3.8) is 0 Å². The SMILES string of the molecule is CC(C)N(CC1CCCCN1)C(=O)C1CC=CC1. The van der Waals surface area contributed by atoms with Crippen molar-refractivity contribution in [1.29, 1.82) is 0 Å². The molecule has 1 amide bonds. The van der Waals surface area contributed by atoms with Crippen LogP contribution in [0.5, 0.6) is 0 Å². The minimum Gasteiger partial charge on any atom is -0.338 e. The van der Waals surface area contributed by atoms with Crippen LogP contribution in [0.15, 0.2) is 12.2 Å². The number of nitrogens with one attached hydrogen (secondary N) is 1. The summed E-state index contributed by atoms with van der Waals surface area (Å²) < 4.78 is 0. The summed E-state index contributed by atoms with van der Waals surface area (Å²) in [5.41, 5.74) is 0. The van der Waals surface area contributed by atoms with E-state index in [9.17, 15) is 4.79 Å². The van der Waals surface area contributed by atoms with Crippen LogP contribution in [-0.2, 0) is 4.79 Å². The maximum atomic E-state index is 12.5. The molecule has 0 spiro atoms. The summed E-state index contributed by atoms with van der Waals surface area (Å²) in [7, 11) is 0. The van der Waals surface area contributed by atoms with Crippen molar-refractivity contribution >= 4 is 5.91 Å². The highest BCUT2D eigenvalue weighted by Gasteiger charge is 2.28. The van der Waals surface area contributed by atoms with E-state index in [0.717, 1.165) is 25.9 Å². The van der Waals surface area contributed by atoms with Gasteiger partial charge in [0.1, 0.15) is 0 Å². The number of hydrogen-bond donors (Lipinski definition) is 1. The third kappa shape index (κ3) is 3.35. The van der Waals surface area contributed by atoms with Crippen LogP contribution in [0.1, 0.15) is 46.0 Å². The van der Waals surface area contributed by atoms with Gasteiger partial charge in [0.2, 0.25) is 5.91 Å². The molecule has 0 bridgehead atoms. The molecule has 1 heterocycles. The topological polar surface area (TPSA) is 32.3 Å². The molecule has 1 aliphatic carbocycles. The normalized spacial score (nSPS) is 24.7. The van der Waals surface area contributed by atoms with Crippen LogP contribution in [0.2, 0.25) is 0 Å². The van der Waals surface area contributed by atoms with E-state index >= 15 is 0 Å². The fourth-order valence-corrected chi connectivity index (χ4v) is 2.93. The molecule has 1 N–H and O–H groups in total. The van der Waals surface area contributed by atoms with E-state index in [1.54, 1.807) is 0 Å². The highest BCUT2D eigenvalue weighted by Crippen LogP contribution is 2.22. The number of nitrogens with zero attached hydrogens (tertiary/aromatic N) is 1. The first-order valence-corrected chi connectivity index (χ1v) is 7.37. The summed E-state index contributed by atoms with van der Waals surface area (Å²) in [5.74, 6) is 0.554. The minimum absolute atomic E-state index is 0.205. The van der Waals surface area contributed by atoms with Crippen LogP contribution in [0.3, 0.4) is 0 Å². The molecule has 0 aromatic rings. The van der Waals surface area contributed by atoms with Crippen molar-refractivity contribution in [3.8, 4) is 0 Å². The summed E-state index contributed by atoms with van der Waals surface area (Å²) in [4.78, 5) is 14.6. The van der Waals surface area contributed by atoms with Gasteiger partial charge in [-0.15, -0.1) is 0 Å². The van der Waals surface area contributed by atoms with Crippen LogP contribution < -0.4 is 5.32 Å². The third-order valence-corrected chi connectivity index (χ3v) is 4.09. The second-order valence-corrected chi connectivity index (χ2v) is 5.87. The predicted octanol–water partition coefficient (Wildman–Crippen LogP) is 2.33. The van der Waals surface area contributed by atoms with Gasteiger partial charge >= 0.3 is 0 Å². The Balaban J connectivity index is 1.92. The molecule has 1 aliphatic heterocycles. The van der Waals surface area contributed by atoms with Gasteiger partial charge < -0.3 is 10.2 Å². The lowest BCUT2D eigenvalue weighted by Gasteiger charge is -2.34. The number of carbonyl (C=O) groups is 1. The Kier molecular flexibility index (Phi) is 4.81. The monoisotopic (exact) mass is 250 g/mol. The van der Waals surface area contributed by atoms with E-state index in [-0.39, 0.29) is 5.92 Å². The van der Waals surface area contributed by atoms with Gasteiger partial charge in [0.25, 0.3) is 0 Å². The molecule has 1 atom stereocenters. The standard InChI is InChI=1S/C15H26N2O/c1-12(2)17(11-14-9-5-6-10-16-14)15(18)13-7-3-4-8-13/h3-4,12-14,16H,5-11H2,1-2H3. The van der Waals surface area contributed by atoms with Gasteiger partial charge in [-0.05, 0) is 46.1 Å². The molecule has 102 valence electrons. The highest BCUT2D eigenvalue weighted by molar-refractivity contribution is 5.80. The molecule has 18 heavy (non-hydrogen) atoms. The van der Waals surface area contributed by atoms with Crippen molar-refractivity contribution in [2.24, 2.45) is 5.92 Å². The number of amides is 1. The quantitative estimate of drug-likeness (QED) is 0.777. The van der Waals surface area contributed by atoms with E-state index < -0.39 is 0 Å². The second kappa shape index (κ2) is 6.37. The number of carbonyl (C=O) groups excluding carboxylic acids is 1. The molecule has 2 aliphatic rings. The smallest absolute Gasteiger partial charge is 0.226 e. The van der Waals surface area contributed by atoms with Gasteiger partial charge in [0, 0.05) is 24.5 Å². The zero-order valence-corrected chi connectivity index (χ0v) is 11.7. The number of piperidine rings is 1. The van der Waals surface area contributed by atoms with Gasteiger partial charge in [-0.2, -0.15) is 0 Å². The summed E-state index contributed by atoms with van der Waals surface area (Å²) in [6, 6.07) is 0.807. The van der Waals surface area contributed by atoms with E-state index in [2.05, 4.69) is 36.2 Å². The van der Waals surface area contributed by atoms with Gasteiger partial charge in [0.15, 0.2) is 0 Å². The lowest BCUT2D eigenvalue weighted by atomic mass is 10.0.